The number of rotatable bonds is 3. The highest BCUT2D eigenvalue weighted by molar-refractivity contribution is 6.04. The number of hydrogen-bond donors (Lipinski definition) is 1. The van der Waals surface area contributed by atoms with Crippen molar-refractivity contribution in [2.45, 2.75) is 0 Å². The second-order valence-corrected chi connectivity index (χ2v) is 4.01. The lowest BCUT2D eigenvalue weighted by atomic mass is 10.1. The van der Waals surface area contributed by atoms with Crippen LogP contribution < -0.4 is 5.32 Å². The first kappa shape index (κ1) is 14.5. The molecule has 0 aliphatic carbocycles. The van der Waals surface area contributed by atoms with Gasteiger partial charge in [0.1, 0.15) is 11.6 Å². The second kappa shape index (κ2) is 5.61. The molecule has 0 saturated carbocycles. The third kappa shape index (κ3) is 3.16. The maximum atomic E-state index is 13.6. The number of nitro groups is 1. The van der Waals surface area contributed by atoms with Gasteiger partial charge in [-0.2, -0.15) is 4.39 Å². The lowest BCUT2D eigenvalue weighted by molar-refractivity contribution is -0.387. The van der Waals surface area contributed by atoms with Crippen LogP contribution in [0.1, 0.15) is 10.4 Å². The zero-order valence-corrected chi connectivity index (χ0v) is 10.3. The number of anilines is 1. The van der Waals surface area contributed by atoms with Crippen molar-refractivity contribution in [1.29, 1.82) is 0 Å². The van der Waals surface area contributed by atoms with Crippen molar-refractivity contribution in [2.75, 3.05) is 5.32 Å². The summed E-state index contributed by atoms with van der Waals surface area (Å²) in [4.78, 5) is 21.1. The number of halogens is 3. The molecule has 0 bridgehead atoms. The van der Waals surface area contributed by atoms with Crippen LogP contribution in [0.4, 0.5) is 24.5 Å². The van der Waals surface area contributed by atoms with Crippen molar-refractivity contribution >= 4 is 17.3 Å². The number of nitro benzene ring substituents is 1. The predicted octanol–water partition coefficient (Wildman–Crippen LogP) is 3.26. The highest BCUT2D eigenvalue weighted by Crippen LogP contribution is 2.22. The van der Waals surface area contributed by atoms with E-state index in [1.165, 1.54) is 12.1 Å². The van der Waals surface area contributed by atoms with Crippen LogP contribution in [0, 0.1) is 27.6 Å². The van der Waals surface area contributed by atoms with E-state index in [2.05, 4.69) is 5.32 Å². The third-order valence-corrected chi connectivity index (χ3v) is 2.56. The number of hydrogen-bond acceptors (Lipinski definition) is 3. The molecule has 0 heterocycles. The molecule has 0 aliphatic rings. The summed E-state index contributed by atoms with van der Waals surface area (Å²) >= 11 is 0. The SMILES string of the molecule is O=C(Nc1cccc(F)c1)c1cc(F)c([N+](=O)[O-])cc1F. The van der Waals surface area contributed by atoms with Crippen molar-refractivity contribution in [3.63, 3.8) is 0 Å². The first-order valence-electron chi connectivity index (χ1n) is 5.59. The Morgan fingerprint density at radius 1 is 1.10 bits per heavy atom. The van der Waals surface area contributed by atoms with E-state index < -0.39 is 39.5 Å². The largest absolute Gasteiger partial charge is 0.322 e. The van der Waals surface area contributed by atoms with Gasteiger partial charge in [0.25, 0.3) is 5.91 Å². The monoisotopic (exact) mass is 296 g/mol. The molecule has 0 unspecified atom stereocenters. The van der Waals surface area contributed by atoms with E-state index >= 15 is 0 Å². The minimum Gasteiger partial charge on any atom is -0.322 e. The Labute approximate surface area is 116 Å². The molecule has 2 aromatic carbocycles. The van der Waals surface area contributed by atoms with Gasteiger partial charge in [0.05, 0.1) is 16.6 Å². The normalized spacial score (nSPS) is 10.2. The van der Waals surface area contributed by atoms with E-state index in [9.17, 15) is 28.1 Å². The van der Waals surface area contributed by atoms with Crippen LogP contribution in [0.5, 0.6) is 0 Å². The Balaban J connectivity index is 2.31. The lowest BCUT2D eigenvalue weighted by Gasteiger charge is -2.06. The molecule has 0 fully saturated rings. The van der Waals surface area contributed by atoms with Gasteiger partial charge in [-0.1, -0.05) is 6.07 Å². The third-order valence-electron chi connectivity index (χ3n) is 2.56. The summed E-state index contributed by atoms with van der Waals surface area (Å²) in [7, 11) is 0. The smallest absolute Gasteiger partial charge is 0.307 e. The molecule has 0 radical (unpaired) electrons. The average Bonchev–Trinajstić information content (AvgIpc) is 2.40. The summed E-state index contributed by atoms with van der Waals surface area (Å²) in [6, 6.07) is 5.52. The maximum Gasteiger partial charge on any atom is 0.307 e. The van der Waals surface area contributed by atoms with E-state index in [1.807, 2.05) is 0 Å². The van der Waals surface area contributed by atoms with Gasteiger partial charge in [0.2, 0.25) is 5.82 Å². The Kier molecular flexibility index (Phi) is 3.88. The van der Waals surface area contributed by atoms with Gasteiger partial charge >= 0.3 is 5.69 Å². The van der Waals surface area contributed by atoms with Crippen LogP contribution in [0.25, 0.3) is 0 Å². The minimum absolute atomic E-state index is 0.0400. The molecule has 0 spiro atoms. The van der Waals surface area contributed by atoms with Crippen LogP contribution >= 0.6 is 0 Å². The van der Waals surface area contributed by atoms with Crippen LogP contribution in [0.15, 0.2) is 36.4 Å². The molecular formula is C13H7F3N2O3. The molecule has 2 rings (SSSR count). The fourth-order valence-electron chi connectivity index (χ4n) is 1.61. The molecule has 8 heteroatoms. The molecule has 0 aromatic heterocycles. The Bertz CT molecular complexity index is 735. The molecule has 1 amide bonds. The van der Waals surface area contributed by atoms with Gasteiger partial charge in [-0.15, -0.1) is 0 Å². The Hall–Kier alpha value is -2.90. The zero-order valence-electron chi connectivity index (χ0n) is 10.3. The molecule has 0 atom stereocenters. The molecular weight excluding hydrogens is 289 g/mol. The van der Waals surface area contributed by atoms with E-state index in [0.29, 0.717) is 12.1 Å². The molecule has 5 nitrogen and oxygen atoms in total. The maximum absolute atomic E-state index is 13.6. The fourth-order valence-corrected chi connectivity index (χ4v) is 1.61. The van der Waals surface area contributed by atoms with Crippen LogP contribution in [0.2, 0.25) is 0 Å². The summed E-state index contributed by atoms with van der Waals surface area (Å²) in [6.07, 6.45) is 0. The standard InChI is InChI=1S/C13H7F3N2O3/c14-7-2-1-3-8(4-7)17-13(19)9-5-11(16)12(18(20)21)6-10(9)15/h1-6H,(H,17,19). The average molecular weight is 296 g/mol. The van der Waals surface area contributed by atoms with Crippen molar-refractivity contribution in [1.82, 2.24) is 0 Å². The first-order chi connectivity index (χ1) is 9.88. The number of nitrogens with zero attached hydrogens (tertiary/aromatic N) is 1. The summed E-state index contributed by atoms with van der Waals surface area (Å²) < 4.78 is 40.0. The Morgan fingerprint density at radius 2 is 1.81 bits per heavy atom. The number of amides is 1. The van der Waals surface area contributed by atoms with Gasteiger partial charge in [-0.05, 0) is 24.3 Å². The number of carbonyl (C=O) groups is 1. The van der Waals surface area contributed by atoms with Gasteiger partial charge in [0, 0.05) is 5.69 Å². The lowest BCUT2D eigenvalue weighted by Crippen LogP contribution is -2.14. The molecule has 1 N–H and O–H groups in total. The summed E-state index contributed by atoms with van der Waals surface area (Å²) in [6.45, 7) is 0. The predicted molar refractivity (Wildman–Crippen MR) is 67.4 cm³/mol. The Morgan fingerprint density at radius 3 is 2.43 bits per heavy atom. The number of carbonyl (C=O) groups excluding carboxylic acids is 1. The first-order valence-corrected chi connectivity index (χ1v) is 5.59. The van der Waals surface area contributed by atoms with Crippen LogP contribution in [0.3, 0.4) is 0 Å². The van der Waals surface area contributed by atoms with E-state index in [-0.39, 0.29) is 5.69 Å². The molecule has 0 saturated heterocycles. The molecule has 21 heavy (non-hydrogen) atoms. The second-order valence-electron chi connectivity index (χ2n) is 4.01. The summed E-state index contributed by atoms with van der Waals surface area (Å²) in [5.41, 5.74) is -1.75. The highest BCUT2D eigenvalue weighted by Gasteiger charge is 2.22. The van der Waals surface area contributed by atoms with Gasteiger partial charge in [-0.25, -0.2) is 8.78 Å². The highest BCUT2D eigenvalue weighted by atomic mass is 19.1. The van der Waals surface area contributed by atoms with E-state index in [0.717, 1.165) is 12.1 Å². The zero-order chi connectivity index (χ0) is 15.6. The topological polar surface area (TPSA) is 72.2 Å². The van der Waals surface area contributed by atoms with Gasteiger partial charge in [-0.3, -0.25) is 14.9 Å². The number of benzene rings is 2. The minimum atomic E-state index is -1.34. The molecule has 0 aliphatic heterocycles. The van der Waals surface area contributed by atoms with Gasteiger partial charge < -0.3 is 5.32 Å². The van der Waals surface area contributed by atoms with Crippen molar-refractivity contribution < 1.29 is 22.9 Å². The quantitative estimate of drug-likeness (QED) is 0.698. The number of nitrogens with one attached hydrogen (secondary N) is 1. The van der Waals surface area contributed by atoms with Crippen LogP contribution in [-0.4, -0.2) is 10.8 Å². The summed E-state index contributed by atoms with van der Waals surface area (Å²) in [5.74, 6) is -4.27. The van der Waals surface area contributed by atoms with E-state index in [1.54, 1.807) is 0 Å². The van der Waals surface area contributed by atoms with Crippen molar-refractivity contribution in [3.05, 3.63) is 69.5 Å². The van der Waals surface area contributed by atoms with Crippen molar-refractivity contribution in [2.24, 2.45) is 0 Å². The van der Waals surface area contributed by atoms with E-state index in [4.69, 9.17) is 0 Å². The van der Waals surface area contributed by atoms with Crippen LogP contribution in [-0.2, 0) is 0 Å². The fraction of sp³-hybridized carbons (Fsp3) is 0. The molecule has 108 valence electrons. The van der Waals surface area contributed by atoms with Gasteiger partial charge in [0.15, 0.2) is 0 Å². The van der Waals surface area contributed by atoms with Crippen molar-refractivity contribution in [3.8, 4) is 0 Å². The molecule has 2 aromatic rings. The summed E-state index contributed by atoms with van der Waals surface area (Å²) in [5, 5.41) is 12.6.